The number of rotatable bonds is 7. The van der Waals surface area contributed by atoms with Gasteiger partial charge in [-0.05, 0) is 44.7 Å². The summed E-state index contributed by atoms with van der Waals surface area (Å²) in [4.78, 5) is 20.3. The molecule has 0 spiro atoms. The van der Waals surface area contributed by atoms with Crippen molar-refractivity contribution in [1.82, 2.24) is 19.6 Å². The molecule has 1 aliphatic rings. The number of methoxy groups -OCH3 is 1. The number of hydrogen-bond acceptors (Lipinski definition) is 7. The molecule has 1 amide bonds. The molecule has 0 radical (unpaired) electrons. The van der Waals surface area contributed by atoms with Gasteiger partial charge in [-0.15, -0.1) is 5.10 Å². The number of aromatic nitrogens is 4. The van der Waals surface area contributed by atoms with Crippen LogP contribution in [0.4, 0.5) is 5.95 Å². The summed E-state index contributed by atoms with van der Waals surface area (Å²) in [6.45, 7) is 2.54. The fourth-order valence-corrected chi connectivity index (χ4v) is 4.21. The van der Waals surface area contributed by atoms with Crippen LogP contribution in [0.5, 0.6) is 0 Å². The normalized spacial score (nSPS) is 20.0. The second-order valence-corrected chi connectivity index (χ2v) is 8.19. The Morgan fingerprint density at radius 3 is 2.77 bits per heavy atom. The molecule has 0 bridgehead atoms. The van der Waals surface area contributed by atoms with E-state index in [9.17, 15) is 9.90 Å². The molecule has 9 nitrogen and oxygen atoms in total. The lowest BCUT2D eigenvalue weighted by Crippen LogP contribution is -2.23. The molecule has 0 aliphatic heterocycles. The van der Waals surface area contributed by atoms with Crippen LogP contribution in [0.25, 0.3) is 16.6 Å². The number of carbonyl (C=O) groups is 1. The van der Waals surface area contributed by atoms with E-state index in [1.54, 1.807) is 25.6 Å². The van der Waals surface area contributed by atoms with Gasteiger partial charge in [-0.2, -0.15) is 0 Å². The molecule has 164 valence electrons. The quantitative estimate of drug-likeness (QED) is 0.531. The van der Waals surface area contributed by atoms with Crippen molar-refractivity contribution in [1.29, 1.82) is 0 Å². The highest BCUT2D eigenvalue weighted by Gasteiger charge is 2.26. The molecule has 1 saturated carbocycles. The smallest absolute Gasteiger partial charge is 0.250 e. The van der Waals surface area contributed by atoms with Crippen molar-refractivity contribution in [2.75, 3.05) is 19.0 Å². The first kappa shape index (κ1) is 21.2. The maximum atomic E-state index is 11.6. The van der Waals surface area contributed by atoms with E-state index in [0.29, 0.717) is 18.1 Å². The third-order valence-electron chi connectivity index (χ3n) is 5.79. The first-order valence-electron chi connectivity index (χ1n) is 10.5. The number of pyridine rings is 1. The maximum Gasteiger partial charge on any atom is 0.250 e. The molecule has 3 aromatic heterocycles. The Morgan fingerprint density at radius 2 is 2.06 bits per heavy atom. The van der Waals surface area contributed by atoms with Gasteiger partial charge in [0, 0.05) is 48.3 Å². The van der Waals surface area contributed by atoms with E-state index in [2.05, 4.69) is 21.4 Å². The molecule has 9 heteroatoms. The second kappa shape index (κ2) is 8.99. The third-order valence-corrected chi connectivity index (χ3v) is 5.79. The van der Waals surface area contributed by atoms with Gasteiger partial charge in [0.1, 0.15) is 0 Å². The highest BCUT2D eigenvalue weighted by molar-refractivity contribution is 5.94. The van der Waals surface area contributed by atoms with Crippen LogP contribution >= 0.6 is 0 Å². The highest BCUT2D eigenvalue weighted by Crippen LogP contribution is 2.37. The van der Waals surface area contributed by atoms with Crippen molar-refractivity contribution in [3.05, 3.63) is 42.0 Å². The SMILES string of the molecule is COC[C@H](C)Nc1ncc2c(-c3cncc(C(N)=O)c3)cc([C@H]3CC[C@H](O)CC3)n2n1. The molecule has 4 N–H and O–H groups in total. The van der Waals surface area contributed by atoms with E-state index in [0.717, 1.165) is 48.0 Å². The van der Waals surface area contributed by atoms with E-state index in [1.165, 1.54) is 6.20 Å². The Bertz CT molecular complexity index is 1070. The van der Waals surface area contributed by atoms with Crippen molar-refractivity contribution in [3.63, 3.8) is 0 Å². The predicted molar refractivity (Wildman–Crippen MR) is 117 cm³/mol. The number of carbonyl (C=O) groups excluding carboxylic acids is 1. The molecule has 0 saturated heterocycles. The van der Waals surface area contributed by atoms with E-state index < -0.39 is 5.91 Å². The van der Waals surface area contributed by atoms with Gasteiger partial charge < -0.3 is 20.9 Å². The minimum atomic E-state index is -0.519. The molecular formula is C22H28N6O3. The fraction of sp³-hybridized carbons (Fsp3) is 0.455. The van der Waals surface area contributed by atoms with Crippen LogP contribution in [0.3, 0.4) is 0 Å². The standard InChI is InChI=1S/C22H28N6O3/c1-13(12-31-2)26-22-25-11-20-18(15-7-16(21(23)30)10-24-9-15)8-19(28(20)27-22)14-3-5-17(29)6-4-14/h7-11,13-14,17,29H,3-6,12H2,1-2H3,(H2,23,30)(H,26,27)/t13-,14-,17-/m0/s1. The Hall–Kier alpha value is -3.04. The van der Waals surface area contributed by atoms with Gasteiger partial charge in [-0.3, -0.25) is 9.78 Å². The molecule has 3 heterocycles. The van der Waals surface area contributed by atoms with Gasteiger partial charge in [-0.25, -0.2) is 9.50 Å². The summed E-state index contributed by atoms with van der Waals surface area (Å²) < 4.78 is 7.11. The van der Waals surface area contributed by atoms with Gasteiger partial charge >= 0.3 is 0 Å². The number of nitrogens with zero attached hydrogens (tertiary/aromatic N) is 4. The Kier molecular flexibility index (Phi) is 6.15. The minimum absolute atomic E-state index is 0.0576. The minimum Gasteiger partial charge on any atom is -0.393 e. The van der Waals surface area contributed by atoms with Crippen LogP contribution in [0.1, 0.15) is 54.6 Å². The molecule has 31 heavy (non-hydrogen) atoms. The van der Waals surface area contributed by atoms with Crippen LogP contribution in [0.2, 0.25) is 0 Å². The monoisotopic (exact) mass is 424 g/mol. The number of amides is 1. The Labute approximate surface area is 180 Å². The van der Waals surface area contributed by atoms with Crippen LogP contribution in [0.15, 0.2) is 30.7 Å². The molecule has 0 aromatic carbocycles. The zero-order valence-corrected chi connectivity index (χ0v) is 17.8. The average Bonchev–Trinajstić information content (AvgIpc) is 3.13. The summed E-state index contributed by atoms with van der Waals surface area (Å²) in [6.07, 6.45) is 8.03. The van der Waals surface area contributed by atoms with E-state index in [1.807, 2.05) is 11.4 Å². The third kappa shape index (κ3) is 4.52. The molecule has 1 fully saturated rings. The number of hydrogen-bond donors (Lipinski definition) is 3. The molecule has 0 unspecified atom stereocenters. The van der Waals surface area contributed by atoms with E-state index >= 15 is 0 Å². The van der Waals surface area contributed by atoms with Gasteiger partial charge in [0.2, 0.25) is 11.9 Å². The Balaban J connectivity index is 1.79. The topological polar surface area (TPSA) is 128 Å². The summed E-state index contributed by atoms with van der Waals surface area (Å²) in [7, 11) is 1.66. The molecule has 3 aromatic rings. The highest BCUT2D eigenvalue weighted by atomic mass is 16.5. The lowest BCUT2D eigenvalue weighted by Gasteiger charge is -2.25. The number of primary amides is 1. The van der Waals surface area contributed by atoms with Gasteiger partial charge in [-0.1, -0.05) is 0 Å². The number of nitrogens with one attached hydrogen (secondary N) is 1. The van der Waals surface area contributed by atoms with Crippen LogP contribution in [-0.4, -0.2) is 56.5 Å². The maximum absolute atomic E-state index is 11.6. The fourth-order valence-electron chi connectivity index (χ4n) is 4.21. The zero-order valence-electron chi connectivity index (χ0n) is 17.8. The van der Waals surface area contributed by atoms with Crippen molar-refractivity contribution < 1.29 is 14.6 Å². The van der Waals surface area contributed by atoms with Crippen molar-refractivity contribution in [2.24, 2.45) is 5.73 Å². The first-order valence-corrected chi connectivity index (χ1v) is 10.5. The number of ether oxygens (including phenoxy) is 1. The Morgan fingerprint density at radius 1 is 1.29 bits per heavy atom. The number of aliphatic hydroxyl groups excluding tert-OH is 1. The van der Waals surface area contributed by atoms with Crippen LogP contribution in [0, 0.1) is 0 Å². The lowest BCUT2D eigenvalue weighted by atomic mass is 9.85. The predicted octanol–water partition coefficient (Wildman–Crippen LogP) is 2.36. The summed E-state index contributed by atoms with van der Waals surface area (Å²) in [6, 6.07) is 3.89. The summed E-state index contributed by atoms with van der Waals surface area (Å²) in [5.74, 6) is 0.269. The van der Waals surface area contributed by atoms with Crippen molar-refractivity contribution in [3.8, 4) is 11.1 Å². The second-order valence-electron chi connectivity index (χ2n) is 8.19. The van der Waals surface area contributed by atoms with Gasteiger partial charge in [0.15, 0.2) is 0 Å². The molecule has 1 aliphatic carbocycles. The van der Waals surface area contributed by atoms with Crippen LogP contribution in [-0.2, 0) is 4.74 Å². The van der Waals surface area contributed by atoms with Crippen molar-refractivity contribution in [2.45, 2.75) is 50.7 Å². The summed E-state index contributed by atoms with van der Waals surface area (Å²) in [5.41, 5.74) is 9.37. The van der Waals surface area contributed by atoms with Crippen LogP contribution < -0.4 is 11.1 Å². The lowest BCUT2D eigenvalue weighted by molar-refractivity contribution is 0.1000. The van der Waals surface area contributed by atoms with Gasteiger partial charge in [0.05, 0.1) is 30.0 Å². The van der Waals surface area contributed by atoms with E-state index in [-0.39, 0.29) is 18.1 Å². The molecule has 4 rings (SSSR count). The zero-order chi connectivity index (χ0) is 22.0. The van der Waals surface area contributed by atoms with Gasteiger partial charge in [0.25, 0.3) is 0 Å². The first-order chi connectivity index (χ1) is 15.0. The average molecular weight is 425 g/mol. The number of aliphatic hydroxyl groups is 1. The summed E-state index contributed by atoms with van der Waals surface area (Å²) >= 11 is 0. The number of anilines is 1. The molecular weight excluding hydrogens is 396 g/mol. The van der Waals surface area contributed by atoms with E-state index in [4.69, 9.17) is 15.6 Å². The largest absolute Gasteiger partial charge is 0.393 e. The molecule has 1 atom stereocenters. The van der Waals surface area contributed by atoms with Crippen molar-refractivity contribution >= 4 is 17.4 Å². The number of nitrogens with two attached hydrogens (primary N) is 1. The number of fused-ring (bicyclic) bond motifs is 1. The summed E-state index contributed by atoms with van der Waals surface area (Å²) in [5, 5.41) is 18.0.